The molecule has 0 heteroatoms. The van der Waals surface area contributed by atoms with Crippen molar-refractivity contribution in [3.05, 3.63) is 136 Å². The van der Waals surface area contributed by atoms with Crippen LogP contribution in [-0.2, 0) is 19.3 Å². The summed E-state index contributed by atoms with van der Waals surface area (Å²) in [7, 11) is 0. The summed E-state index contributed by atoms with van der Waals surface area (Å²) in [5.74, 6) is 0.945. The molecule has 0 aliphatic heterocycles. The van der Waals surface area contributed by atoms with Gasteiger partial charge in [-0.2, -0.15) is 0 Å². The monoisotopic (exact) mass is 488 g/mol. The summed E-state index contributed by atoms with van der Waals surface area (Å²) in [6.07, 6.45) is 7.06. The van der Waals surface area contributed by atoms with Crippen LogP contribution in [0.5, 0.6) is 0 Å². The lowest BCUT2D eigenvalue weighted by Crippen LogP contribution is -2.07. The van der Waals surface area contributed by atoms with Crippen LogP contribution in [0.3, 0.4) is 0 Å². The molecular weight excluding hydrogens is 456 g/mol. The van der Waals surface area contributed by atoms with Gasteiger partial charge in [0.1, 0.15) is 0 Å². The smallest absolute Gasteiger partial charge is 0.0311 e. The predicted octanol–water partition coefficient (Wildman–Crippen LogP) is 9.75. The molecule has 0 saturated heterocycles. The van der Waals surface area contributed by atoms with Gasteiger partial charge in [-0.15, -0.1) is 0 Å². The van der Waals surface area contributed by atoms with Crippen LogP contribution in [0.15, 0.2) is 96.6 Å². The molecule has 38 heavy (non-hydrogen) atoms. The number of allylic oxidation sites excluding steroid dienone is 1. The topological polar surface area (TPSA) is 0 Å². The Hall–Kier alpha value is -3.90. The molecule has 0 radical (unpaired) electrons. The van der Waals surface area contributed by atoms with Crippen molar-refractivity contribution in [3.8, 4) is 22.3 Å². The maximum Gasteiger partial charge on any atom is 0.0311 e. The van der Waals surface area contributed by atoms with Gasteiger partial charge in [0.2, 0.25) is 0 Å². The van der Waals surface area contributed by atoms with E-state index in [-0.39, 0.29) is 0 Å². The van der Waals surface area contributed by atoms with Gasteiger partial charge in [-0.3, -0.25) is 0 Å². The van der Waals surface area contributed by atoms with Crippen LogP contribution in [0.1, 0.15) is 65.1 Å². The summed E-state index contributed by atoms with van der Waals surface area (Å²) in [5, 5.41) is 2.92. The van der Waals surface area contributed by atoms with Crippen LogP contribution >= 0.6 is 0 Å². The van der Waals surface area contributed by atoms with Crippen LogP contribution < -0.4 is 0 Å². The van der Waals surface area contributed by atoms with Gasteiger partial charge in [0.15, 0.2) is 0 Å². The molecule has 0 N–H and O–H groups in total. The average molecular weight is 489 g/mol. The molecule has 3 aliphatic rings. The first-order valence-electron chi connectivity index (χ1n) is 14.2. The lowest BCUT2D eigenvalue weighted by Gasteiger charge is -2.22. The molecule has 0 nitrogen and oxygen atoms in total. The summed E-state index contributed by atoms with van der Waals surface area (Å²) in [4.78, 5) is 0. The molecule has 184 valence electrons. The number of hydrogen-bond donors (Lipinski definition) is 0. The van der Waals surface area contributed by atoms with E-state index < -0.39 is 0 Å². The first-order valence-corrected chi connectivity index (χ1v) is 14.2. The Kier molecular flexibility index (Phi) is 4.83. The van der Waals surface area contributed by atoms with Crippen molar-refractivity contribution in [3.63, 3.8) is 0 Å². The Bertz CT molecular complexity index is 1790. The van der Waals surface area contributed by atoms with E-state index in [1.165, 1.54) is 84.8 Å². The number of aryl methyl sites for hydroxylation is 2. The number of fused-ring (bicyclic) bond motifs is 4. The van der Waals surface area contributed by atoms with Crippen LogP contribution in [-0.4, -0.2) is 0 Å². The normalized spacial score (nSPS) is 16.6. The minimum Gasteiger partial charge on any atom is -0.0625 e. The zero-order valence-electron chi connectivity index (χ0n) is 22.2. The van der Waals surface area contributed by atoms with Crippen molar-refractivity contribution >= 4 is 16.8 Å². The Morgan fingerprint density at radius 2 is 1.34 bits per heavy atom. The predicted molar refractivity (Wildman–Crippen MR) is 161 cm³/mol. The fourth-order valence-electron chi connectivity index (χ4n) is 7.65. The van der Waals surface area contributed by atoms with E-state index in [2.05, 4.69) is 111 Å². The molecule has 0 bridgehead atoms. The minimum atomic E-state index is 0.327. The van der Waals surface area contributed by atoms with Crippen molar-refractivity contribution in [2.75, 3.05) is 0 Å². The summed E-state index contributed by atoms with van der Waals surface area (Å²) in [6.45, 7) is 4.71. The Morgan fingerprint density at radius 3 is 2.21 bits per heavy atom. The second kappa shape index (κ2) is 8.30. The first kappa shape index (κ1) is 22.1. The molecule has 8 rings (SSSR count). The lowest BCUT2D eigenvalue weighted by molar-refractivity contribution is 0.625. The van der Waals surface area contributed by atoms with Crippen molar-refractivity contribution in [2.24, 2.45) is 5.92 Å². The third-order valence-electron chi connectivity index (χ3n) is 9.16. The van der Waals surface area contributed by atoms with E-state index in [4.69, 9.17) is 0 Å². The highest BCUT2D eigenvalue weighted by Gasteiger charge is 2.33. The van der Waals surface area contributed by atoms with E-state index >= 15 is 0 Å². The van der Waals surface area contributed by atoms with Gasteiger partial charge in [-0.05, 0) is 104 Å². The standard InChI is InChI=1S/C38H32/c1-23(2)20-27-22-36-30(31-19-18-25-17-16-24-9-5-13-32(31)37(24)25)12-7-15-34(36)38(27)33-14-6-11-29-28-10-4-3-8-26(28)21-35(29)33/h3-15,18-19,22-23,38H,16-17,20-21H2,1-2H3. The third-order valence-corrected chi connectivity index (χ3v) is 9.16. The molecule has 0 spiro atoms. The average Bonchev–Trinajstić information content (AvgIpc) is 3.63. The Labute approximate surface area is 225 Å². The Balaban J connectivity index is 1.34. The van der Waals surface area contributed by atoms with E-state index in [1.54, 1.807) is 5.57 Å². The van der Waals surface area contributed by atoms with E-state index in [9.17, 15) is 0 Å². The van der Waals surface area contributed by atoms with Crippen LogP contribution in [0.25, 0.3) is 39.1 Å². The van der Waals surface area contributed by atoms with Gasteiger partial charge in [0, 0.05) is 5.92 Å². The molecule has 0 aromatic heterocycles. The number of rotatable bonds is 4. The van der Waals surface area contributed by atoms with E-state index in [0.29, 0.717) is 11.8 Å². The van der Waals surface area contributed by atoms with Gasteiger partial charge in [-0.1, -0.05) is 116 Å². The fourth-order valence-corrected chi connectivity index (χ4v) is 7.65. The summed E-state index contributed by atoms with van der Waals surface area (Å²) in [5.41, 5.74) is 17.6. The second-order valence-corrected chi connectivity index (χ2v) is 11.9. The van der Waals surface area contributed by atoms with E-state index in [0.717, 1.165) is 12.8 Å². The largest absolute Gasteiger partial charge is 0.0625 e. The molecular formula is C38H32. The first-order chi connectivity index (χ1) is 18.7. The maximum absolute atomic E-state index is 2.56. The maximum atomic E-state index is 2.56. The molecule has 0 saturated carbocycles. The van der Waals surface area contributed by atoms with Gasteiger partial charge in [0.25, 0.3) is 0 Å². The lowest BCUT2D eigenvalue weighted by atomic mass is 9.81. The number of benzene rings is 5. The van der Waals surface area contributed by atoms with Crippen LogP contribution in [0.4, 0.5) is 0 Å². The Morgan fingerprint density at radius 1 is 0.632 bits per heavy atom. The molecule has 5 aromatic carbocycles. The quantitative estimate of drug-likeness (QED) is 0.232. The summed E-state index contributed by atoms with van der Waals surface area (Å²) >= 11 is 0. The van der Waals surface area contributed by atoms with Crippen LogP contribution in [0, 0.1) is 5.92 Å². The fraction of sp³-hybridized carbons (Fsp3) is 0.211. The molecule has 1 atom stereocenters. The molecule has 0 amide bonds. The summed E-state index contributed by atoms with van der Waals surface area (Å²) < 4.78 is 0. The van der Waals surface area contributed by atoms with Gasteiger partial charge >= 0.3 is 0 Å². The molecule has 3 aliphatic carbocycles. The zero-order valence-corrected chi connectivity index (χ0v) is 22.2. The highest BCUT2D eigenvalue weighted by Crippen LogP contribution is 2.51. The van der Waals surface area contributed by atoms with Crippen molar-refractivity contribution < 1.29 is 0 Å². The van der Waals surface area contributed by atoms with Gasteiger partial charge < -0.3 is 0 Å². The van der Waals surface area contributed by atoms with Gasteiger partial charge in [-0.25, -0.2) is 0 Å². The molecule has 1 unspecified atom stereocenters. The van der Waals surface area contributed by atoms with Crippen molar-refractivity contribution in [1.29, 1.82) is 0 Å². The number of hydrogen-bond acceptors (Lipinski definition) is 0. The SMILES string of the molecule is CC(C)CC1=Cc2c(-c3ccc4c5c(cccc35)CC4)cccc2C1c1cccc2c1Cc1ccccc1-2. The minimum absolute atomic E-state index is 0.327. The molecule has 5 aromatic rings. The van der Waals surface area contributed by atoms with Gasteiger partial charge in [0.05, 0.1) is 0 Å². The molecule has 0 heterocycles. The highest BCUT2D eigenvalue weighted by atomic mass is 14.4. The molecule has 0 fully saturated rings. The highest BCUT2D eigenvalue weighted by molar-refractivity contribution is 6.03. The second-order valence-electron chi connectivity index (χ2n) is 11.9. The van der Waals surface area contributed by atoms with Crippen LogP contribution in [0.2, 0.25) is 0 Å². The van der Waals surface area contributed by atoms with E-state index in [1.807, 2.05) is 0 Å². The third kappa shape index (κ3) is 3.16. The zero-order chi connectivity index (χ0) is 25.4. The van der Waals surface area contributed by atoms with Crippen molar-refractivity contribution in [2.45, 2.75) is 45.4 Å². The van der Waals surface area contributed by atoms with Crippen molar-refractivity contribution in [1.82, 2.24) is 0 Å². The summed E-state index contributed by atoms with van der Waals surface area (Å²) in [6, 6.07) is 34.7.